The van der Waals surface area contributed by atoms with Gasteiger partial charge in [0.1, 0.15) is 13.9 Å². The largest absolute Gasteiger partial charge is 0.341 e. The first-order chi connectivity index (χ1) is 8.47. The quantitative estimate of drug-likeness (QED) is 0.617. The molecule has 0 unspecified atom stereocenters. The Morgan fingerprint density at radius 1 is 1.44 bits per heavy atom. The van der Waals surface area contributed by atoms with E-state index in [9.17, 15) is 9.18 Å². The fraction of sp³-hybridized carbons (Fsp3) is 0.462. The Labute approximate surface area is 113 Å². The van der Waals surface area contributed by atoms with E-state index in [1.54, 1.807) is 12.1 Å². The number of halogens is 2. The third-order valence-corrected chi connectivity index (χ3v) is 6.66. The van der Waals surface area contributed by atoms with E-state index in [1.165, 1.54) is 6.07 Å². The maximum Gasteiger partial charge on any atom is 0.253 e. The Balaban J connectivity index is 2.42. The van der Waals surface area contributed by atoms with Gasteiger partial charge in [-0.15, -0.1) is 11.6 Å². The lowest BCUT2D eigenvalue weighted by Crippen LogP contribution is -2.61. The third-order valence-electron chi connectivity index (χ3n) is 3.36. The average molecular weight is 286 g/mol. The topological polar surface area (TPSA) is 20.3 Å². The van der Waals surface area contributed by atoms with Crippen molar-refractivity contribution in [3.63, 3.8) is 0 Å². The first kappa shape index (κ1) is 13.6. The minimum Gasteiger partial charge on any atom is -0.341 e. The summed E-state index contributed by atoms with van der Waals surface area (Å²) in [6.07, 6.45) is 1.46. The van der Waals surface area contributed by atoms with E-state index in [1.807, 2.05) is 4.90 Å². The van der Waals surface area contributed by atoms with Gasteiger partial charge in [0.15, 0.2) is 0 Å². The predicted molar refractivity (Wildman–Crippen MR) is 74.8 cm³/mol. The fourth-order valence-corrected chi connectivity index (χ4v) is 5.80. The van der Waals surface area contributed by atoms with Crippen molar-refractivity contribution in [2.24, 2.45) is 0 Å². The van der Waals surface area contributed by atoms with Gasteiger partial charge in [-0.1, -0.05) is 19.2 Å². The molecule has 0 aliphatic carbocycles. The lowest BCUT2D eigenvalue weighted by Gasteiger charge is -2.38. The first-order valence-corrected chi connectivity index (χ1v) is 9.86. The summed E-state index contributed by atoms with van der Waals surface area (Å²) in [5.74, 6) is 0.262. The molecule has 2 nitrogen and oxygen atoms in total. The van der Waals surface area contributed by atoms with E-state index < -0.39 is 8.07 Å². The van der Waals surface area contributed by atoms with Crippen LogP contribution in [-0.4, -0.2) is 37.5 Å². The molecule has 0 N–H and O–H groups in total. The molecule has 0 spiro atoms. The highest BCUT2D eigenvalue weighted by atomic mass is 35.5. The normalized spacial score (nSPS) is 17.8. The van der Waals surface area contributed by atoms with Crippen molar-refractivity contribution in [1.82, 2.24) is 4.90 Å². The summed E-state index contributed by atoms with van der Waals surface area (Å²) in [5, 5.41) is 0.678. The van der Waals surface area contributed by atoms with Gasteiger partial charge in [-0.05, 0) is 23.7 Å². The van der Waals surface area contributed by atoms with Crippen LogP contribution in [0.5, 0.6) is 0 Å². The molecule has 2 rings (SSSR count). The second-order valence-corrected chi connectivity index (χ2v) is 10.3. The SMILES string of the molecule is C[Si]1(C)CN(CCCCl)C(=O)c2cccc(F)c21. The predicted octanol–water partition coefficient (Wildman–Crippen LogP) is 2.37. The number of hydrogen-bond donors (Lipinski definition) is 0. The summed E-state index contributed by atoms with van der Waals surface area (Å²) >= 11 is 5.68. The molecule has 0 atom stereocenters. The van der Waals surface area contributed by atoms with Crippen molar-refractivity contribution >= 4 is 30.8 Å². The zero-order valence-electron chi connectivity index (χ0n) is 10.7. The van der Waals surface area contributed by atoms with Crippen LogP contribution in [0.15, 0.2) is 18.2 Å². The molecule has 1 aromatic carbocycles. The van der Waals surface area contributed by atoms with Crippen LogP contribution >= 0.6 is 11.6 Å². The Morgan fingerprint density at radius 3 is 2.83 bits per heavy atom. The first-order valence-electron chi connectivity index (χ1n) is 6.11. The lowest BCUT2D eigenvalue weighted by atomic mass is 10.2. The van der Waals surface area contributed by atoms with Gasteiger partial charge in [-0.25, -0.2) is 4.39 Å². The zero-order chi connectivity index (χ0) is 13.3. The van der Waals surface area contributed by atoms with E-state index in [4.69, 9.17) is 11.6 Å². The Morgan fingerprint density at radius 2 is 2.17 bits per heavy atom. The van der Waals surface area contributed by atoms with Gasteiger partial charge >= 0.3 is 0 Å². The monoisotopic (exact) mass is 285 g/mol. The molecular weight excluding hydrogens is 269 g/mol. The van der Waals surface area contributed by atoms with Gasteiger partial charge in [0.05, 0.1) is 0 Å². The van der Waals surface area contributed by atoms with Crippen LogP contribution in [0, 0.1) is 5.82 Å². The molecular formula is C13H17ClFNOSi. The van der Waals surface area contributed by atoms with Crippen molar-refractivity contribution in [2.75, 3.05) is 18.6 Å². The molecule has 1 aromatic rings. The molecule has 0 aromatic heterocycles. The average Bonchev–Trinajstić information content (AvgIpc) is 2.31. The number of alkyl halides is 1. The Bertz CT molecular complexity index is 478. The standard InChI is InChI=1S/C13H17ClFNOSi/c1-18(2)9-16(8-4-7-14)13(17)10-5-3-6-11(15)12(10)18/h3,5-6H,4,7-9H2,1-2H3. The van der Waals surface area contributed by atoms with Gasteiger partial charge in [0.25, 0.3) is 5.91 Å². The van der Waals surface area contributed by atoms with Crippen LogP contribution in [0.25, 0.3) is 0 Å². The molecule has 0 saturated heterocycles. The van der Waals surface area contributed by atoms with Crippen molar-refractivity contribution in [2.45, 2.75) is 19.5 Å². The number of nitrogens with zero attached hydrogens (tertiary/aromatic N) is 1. The molecule has 0 saturated carbocycles. The highest BCUT2D eigenvalue weighted by Crippen LogP contribution is 2.20. The Kier molecular flexibility index (Phi) is 3.78. The van der Waals surface area contributed by atoms with Gasteiger partial charge in [0.2, 0.25) is 0 Å². The maximum atomic E-state index is 14.0. The summed E-state index contributed by atoms with van der Waals surface area (Å²) in [4.78, 5) is 14.1. The smallest absolute Gasteiger partial charge is 0.253 e. The van der Waals surface area contributed by atoms with Crippen LogP contribution < -0.4 is 5.19 Å². The second kappa shape index (κ2) is 5.01. The minimum atomic E-state index is -1.92. The number of rotatable bonds is 3. The molecule has 98 valence electrons. The molecule has 18 heavy (non-hydrogen) atoms. The summed E-state index contributed by atoms with van der Waals surface area (Å²) in [6, 6.07) is 4.80. The van der Waals surface area contributed by atoms with Crippen LogP contribution in [0.4, 0.5) is 4.39 Å². The number of carbonyl (C=O) groups is 1. The van der Waals surface area contributed by atoms with Crippen LogP contribution in [-0.2, 0) is 0 Å². The van der Waals surface area contributed by atoms with E-state index in [0.717, 1.165) is 6.42 Å². The summed E-state index contributed by atoms with van der Waals surface area (Å²) in [7, 11) is -1.92. The van der Waals surface area contributed by atoms with Crippen molar-refractivity contribution in [3.05, 3.63) is 29.6 Å². The van der Waals surface area contributed by atoms with Gasteiger partial charge in [0, 0.05) is 24.2 Å². The van der Waals surface area contributed by atoms with E-state index in [-0.39, 0.29) is 11.7 Å². The Hall–Kier alpha value is -0.873. The molecule has 0 radical (unpaired) electrons. The summed E-state index contributed by atoms with van der Waals surface area (Å²) < 4.78 is 14.0. The van der Waals surface area contributed by atoms with Crippen molar-refractivity contribution in [3.8, 4) is 0 Å². The fourth-order valence-electron chi connectivity index (χ4n) is 2.62. The lowest BCUT2D eigenvalue weighted by molar-refractivity contribution is 0.0776. The molecule has 0 bridgehead atoms. The van der Waals surface area contributed by atoms with Crippen LogP contribution in [0.1, 0.15) is 16.8 Å². The highest BCUT2D eigenvalue weighted by Gasteiger charge is 2.39. The number of carbonyl (C=O) groups excluding carboxylic acids is 1. The number of hydrogen-bond acceptors (Lipinski definition) is 1. The van der Waals surface area contributed by atoms with E-state index >= 15 is 0 Å². The van der Waals surface area contributed by atoms with E-state index in [0.29, 0.717) is 29.3 Å². The van der Waals surface area contributed by atoms with E-state index in [2.05, 4.69) is 13.1 Å². The van der Waals surface area contributed by atoms with Crippen molar-refractivity contribution in [1.29, 1.82) is 0 Å². The molecule has 1 heterocycles. The maximum absolute atomic E-state index is 14.0. The van der Waals surface area contributed by atoms with Crippen molar-refractivity contribution < 1.29 is 9.18 Å². The number of fused-ring (bicyclic) bond motifs is 1. The second-order valence-electron chi connectivity index (χ2n) is 5.32. The summed E-state index contributed by atoms with van der Waals surface area (Å²) in [6.45, 7) is 4.87. The highest BCUT2D eigenvalue weighted by molar-refractivity contribution is 6.91. The zero-order valence-corrected chi connectivity index (χ0v) is 12.4. The van der Waals surface area contributed by atoms with Gasteiger partial charge < -0.3 is 4.90 Å². The van der Waals surface area contributed by atoms with Gasteiger partial charge in [-0.2, -0.15) is 0 Å². The van der Waals surface area contributed by atoms with Gasteiger partial charge in [-0.3, -0.25) is 4.79 Å². The third kappa shape index (κ3) is 2.31. The minimum absolute atomic E-state index is 0.0542. The molecule has 1 amide bonds. The molecule has 0 fully saturated rings. The molecule has 1 aliphatic rings. The van der Waals surface area contributed by atoms with Crippen LogP contribution in [0.2, 0.25) is 13.1 Å². The number of amides is 1. The molecule has 1 aliphatic heterocycles. The van der Waals surface area contributed by atoms with Crippen LogP contribution in [0.3, 0.4) is 0 Å². The molecule has 5 heteroatoms. The number of benzene rings is 1. The summed E-state index contributed by atoms with van der Waals surface area (Å²) in [5.41, 5.74) is 0.549.